The van der Waals surface area contributed by atoms with Gasteiger partial charge in [0.05, 0.1) is 12.2 Å². The largest absolute Gasteiger partial charge is 0.462 e. The number of ether oxygens (including phenoxy) is 1. The first-order chi connectivity index (χ1) is 13.1. The van der Waals surface area contributed by atoms with Gasteiger partial charge in [0.25, 0.3) is 5.91 Å². The zero-order valence-corrected chi connectivity index (χ0v) is 16.7. The molecule has 0 saturated carbocycles. The molecular weight excluding hydrogens is 380 g/mol. The molecule has 1 saturated heterocycles. The number of halogens is 1. The smallest absolute Gasteiger partial charge is 0.339 e. The van der Waals surface area contributed by atoms with Crippen LogP contribution < -0.4 is 10.6 Å². The summed E-state index contributed by atoms with van der Waals surface area (Å²) in [7, 11) is 0. The van der Waals surface area contributed by atoms with E-state index in [4.69, 9.17) is 10.5 Å². The van der Waals surface area contributed by atoms with Crippen LogP contribution in [-0.4, -0.2) is 54.5 Å². The third kappa shape index (κ3) is 4.99. The average Bonchev–Trinajstić information content (AvgIpc) is 2.74. The molecule has 1 aromatic carbocycles. The lowest BCUT2D eigenvalue weighted by atomic mass is 10.1. The molecule has 0 aliphatic carbocycles. The van der Waals surface area contributed by atoms with Gasteiger partial charge in [-0.2, -0.15) is 0 Å². The van der Waals surface area contributed by atoms with E-state index in [0.717, 1.165) is 11.4 Å². The Balaban J connectivity index is 0.00000280. The van der Waals surface area contributed by atoms with Gasteiger partial charge in [0, 0.05) is 44.5 Å². The molecular formula is C20H25ClN4O3. The molecule has 2 heterocycles. The number of rotatable bonds is 5. The average molecular weight is 405 g/mol. The Kier molecular flexibility index (Phi) is 7.78. The number of hydrogen-bond donors (Lipinski definition) is 1. The van der Waals surface area contributed by atoms with E-state index in [-0.39, 0.29) is 24.3 Å². The molecule has 0 unspecified atom stereocenters. The monoisotopic (exact) mass is 404 g/mol. The molecule has 1 aliphatic rings. The van der Waals surface area contributed by atoms with Gasteiger partial charge < -0.3 is 20.3 Å². The maximum Gasteiger partial charge on any atom is 0.339 e. The molecule has 2 N–H and O–H groups in total. The molecule has 1 fully saturated rings. The highest BCUT2D eigenvalue weighted by Gasteiger charge is 2.23. The van der Waals surface area contributed by atoms with Crippen LogP contribution in [0.5, 0.6) is 0 Å². The SMILES string of the molecule is CCOC(=O)c1ccc(N2CCN(C(=O)c3ccc(CN)cc3)CC2)nc1.Cl. The highest BCUT2D eigenvalue weighted by atomic mass is 35.5. The second-order valence-electron chi connectivity index (χ2n) is 6.31. The number of piperazine rings is 1. The summed E-state index contributed by atoms with van der Waals surface area (Å²) >= 11 is 0. The maximum absolute atomic E-state index is 12.6. The summed E-state index contributed by atoms with van der Waals surface area (Å²) in [5, 5.41) is 0. The molecule has 28 heavy (non-hydrogen) atoms. The normalized spacial score (nSPS) is 13.6. The molecule has 1 aliphatic heterocycles. The Morgan fingerprint density at radius 3 is 2.21 bits per heavy atom. The summed E-state index contributed by atoms with van der Waals surface area (Å²) in [5.74, 6) is 0.457. The Bertz CT molecular complexity index is 788. The number of carbonyl (C=O) groups excluding carboxylic acids is 2. The van der Waals surface area contributed by atoms with E-state index in [2.05, 4.69) is 9.88 Å². The van der Waals surface area contributed by atoms with E-state index in [1.807, 2.05) is 35.2 Å². The van der Waals surface area contributed by atoms with E-state index in [1.165, 1.54) is 6.20 Å². The molecule has 0 spiro atoms. The van der Waals surface area contributed by atoms with Gasteiger partial charge in [-0.05, 0) is 36.8 Å². The predicted octanol–water partition coefficient (Wildman–Crippen LogP) is 2.10. The van der Waals surface area contributed by atoms with Gasteiger partial charge in [-0.1, -0.05) is 12.1 Å². The summed E-state index contributed by atoms with van der Waals surface area (Å²) in [6.07, 6.45) is 1.53. The van der Waals surface area contributed by atoms with Crippen molar-refractivity contribution in [2.45, 2.75) is 13.5 Å². The van der Waals surface area contributed by atoms with E-state index >= 15 is 0 Å². The number of nitrogens with two attached hydrogens (primary N) is 1. The fourth-order valence-corrected chi connectivity index (χ4v) is 3.01. The van der Waals surface area contributed by atoms with Gasteiger partial charge in [-0.3, -0.25) is 4.79 Å². The summed E-state index contributed by atoms with van der Waals surface area (Å²) in [6.45, 7) is 5.21. The maximum atomic E-state index is 12.6. The van der Waals surface area contributed by atoms with Crippen molar-refractivity contribution in [3.63, 3.8) is 0 Å². The molecule has 3 rings (SSSR count). The van der Waals surface area contributed by atoms with Crippen LogP contribution in [0.25, 0.3) is 0 Å². The fraction of sp³-hybridized carbons (Fsp3) is 0.350. The Morgan fingerprint density at radius 1 is 1.04 bits per heavy atom. The second kappa shape index (κ2) is 10.1. The molecule has 8 heteroatoms. The van der Waals surface area contributed by atoms with Crippen LogP contribution in [0.4, 0.5) is 5.82 Å². The van der Waals surface area contributed by atoms with Crippen molar-refractivity contribution >= 4 is 30.1 Å². The van der Waals surface area contributed by atoms with Gasteiger partial charge in [0.15, 0.2) is 0 Å². The number of esters is 1. The Hall–Kier alpha value is -2.64. The highest BCUT2D eigenvalue weighted by molar-refractivity contribution is 5.94. The minimum Gasteiger partial charge on any atom is -0.462 e. The van der Waals surface area contributed by atoms with Crippen LogP contribution in [-0.2, 0) is 11.3 Å². The number of benzene rings is 1. The van der Waals surface area contributed by atoms with Crippen LogP contribution in [0.15, 0.2) is 42.6 Å². The first-order valence-electron chi connectivity index (χ1n) is 9.08. The van der Waals surface area contributed by atoms with E-state index in [0.29, 0.717) is 50.5 Å². The first-order valence-corrected chi connectivity index (χ1v) is 9.08. The lowest BCUT2D eigenvalue weighted by Crippen LogP contribution is -2.49. The van der Waals surface area contributed by atoms with Gasteiger partial charge in [-0.25, -0.2) is 9.78 Å². The molecule has 1 amide bonds. The highest BCUT2D eigenvalue weighted by Crippen LogP contribution is 2.16. The van der Waals surface area contributed by atoms with Crippen LogP contribution in [0, 0.1) is 0 Å². The lowest BCUT2D eigenvalue weighted by Gasteiger charge is -2.35. The molecule has 7 nitrogen and oxygen atoms in total. The van der Waals surface area contributed by atoms with Crippen LogP contribution in [0.3, 0.4) is 0 Å². The number of amides is 1. The van der Waals surface area contributed by atoms with Crippen LogP contribution in [0.2, 0.25) is 0 Å². The standard InChI is InChI=1S/C20H24N4O3.ClH/c1-2-27-20(26)17-7-8-18(22-14-17)23-9-11-24(12-10-23)19(25)16-5-3-15(13-21)4-6-16;/h3-8,14H,2,9-13,21H2,1H3;1H. The van der Waals surface area contributed by atoms with E-state index in [9.17, 15) is 9.59 Å². The lowest BCUT2D eigenvalue weighted by molar-refractivity contribution is 0.0525. The zero-order valence-electron chi connectivity index (χ0n) is 15.8. The number of pyridine rings is 1. The van der Waals surface area contributed by atoms with Crippen molar-refractivity contribution in [3.8, 4) is 0 Å². The van der Waals surface area contributed by atoms with Gasteiger partial charge in [-0.15, -0.1) is 12.4 Å². The molecule has 150 valence electrons. The van der Waals surface area contributed by atoms with Crippen molar-refractivity contribution in [2.24, 2.45) is 5.73 Å². The number of nitrogens with zero attached hydrogens (tertiary/aromatic N) is 3. The second-order valence-corrected chi connectivity index (χ2v) is 6.31. The predicted molar refractivity (Wildman–Crippen MR) is 110 cm³/mol. The topological polar surface area (TPSA) is 88.8 Å². The third-order valence-corrected chi connectivity index (χ3v) is 4.59. The van der Waals surface area contributed by atoms with Gasteiger partial charge >= 0.3 is 5.97 Å². The Labute approximate surface area is 170 Å². The van der Waals surface area contributed by atoms with Crippen molar-refractivity contribution in [3.05, 3.63) is 59.3 Å². The molecule has 2 aromatic rings. The first kappa shape index (κ1) is 21.7. The third-order valence-electron chi connectivity index (χ3n) is 4.59. The van der Waals surface area contributed by atoms with Gasteiger partial charge in [0.2, 0.25) is 0 Å². The van der Waals surface area contributed by atoms with Crippen molar-refractivity contribution < 1.29 is 14.3 Å². The van der Waals surface area contributed by atoms with Crippen molar-refractivity contribution in [2.75, 3.05) is 37.7 Å². The molecule has 1 aromatic heterocycles. The Morgan fingerprint density at radius 2 is 1.68 bits per heavy atom. The number of anilines is 1. The van der Waals surface area contributed by atoms with Crippen LogP contribution in [0.1, 0.15) is 33.2 Å². The summed E-state index contributed by atoms with van der Waals surface area (Å²) in [5.41, 5.74) is 7.72. The van der Waals surface area contributed by atoms with E-state index in [1.54, 1.807) is 13.0 Å². The van der Waals surface area contributed by atoms with Crippen LogP contribution >= 0.6 is 12.4 Å². The zero-order chi connectivity index (χ0) is 19.2. The van der Waals surface area contributed by atoms with Gasteiger partial charge in [0.1, 0.15) is 5.82 Å². The number of carbonyl (C=O) groups is 2. The summed E-state index contributed by atoms with van der Waals surface area (Å²) in [6, 6.07) is 11.0. The minimum absolute atomic E-state index is 0. The van der Waals surface area contributed by atoms with Crippen molar-refractivity contribution in [1.29, 1.82) is 0 Å². The minimum atomic E-state index is -0.368. The number of hydrogen-bond acceptors (Lipinski definition) is 6. The van der Waals surface area contributed by atoms with E-state index < -0.39 is 0 Å². The van der Waals surface area contributed by atoms with Crippen molar-refractivity contribution in [1.82, 2.24) is 9.88 Å². The number of aromatic nitrogens is 1. The summed E-state index contributed by atoms with van der Waals surface area (Å²) < 4.78 is 4.97. The quantitative estimate of drug-likeness (QED) is 0.768. The molecule has 0 bridgehead atoms. The fourth-order valence-electron chi connectivity index (χ4n) is 3.01. The molecule has 0 atom stereocenters. The summed E-state index contributed by atoms with van der Waals surface area (Å²) in [4.78, 5) is 32.6. The molecule has 0 radical (unpaired) electrons.